The number of anilines is 3. The number of benzene rings is 2. The Morgan fingerprint density at radius 3 is 2.33 bits per heavy atom. The number of nitrogens with two attached hydrogens (primary N) is 1. The predicted molar refractivity (Wildman–Crippen MR) is 86.3 cm³/mol. The van der Waals surface area contributed by atoms with Crippen LogP contribution in [0.5, 0.6) is 0 Å². The smallest absolute Gasteiger partial charge is 0.163 e. The van der Waals surface area contributed by atoms with Gasteiger partial charge in [0.25, 0.3) is 0 Å². The van der Waals surface area contributed by atoms with Crippen LogP contribution in [0.2, 0.25) is 0 Å². The first-order valence-electron chi connectivity index (χ1n) is 6.74. The van der Waals surface area contributed by atoms with E-state index >= 15 is 0 Å². The Bertz CT molecular complexity index is 736. The minimum absolute atomic E-state index is 0.443. The summed E-state index contributed by atoms with van der Waals surface area (Å²) in [6, 6.07) is 19.6. The Labute approximate surface area is 123 Å². The molecule has 0 atom stereocenters. The van der Waals surface area contributed by atoms with Crippen molar-refractivity contribution < 1.29 is 0 Å². The zero-order valence-electron chi connectivity index (χ0n) is 11.7. The lowest BCUT2D eigenvalue weighted by Crippen LogP contribution is -2.01. The van der Waals surface area contributed by atoms with Crippen molar-refractivity contribution in [1.82, 2.24) is 9.97 Å². The number of rotatable bonds is 3. The second-order valence-corrected chi connectivity index (χ2v) is 4.86. The average Bonchev–Trinajstić information content (AvgIpc) is 2.50. The fraction of sp³-hybridized carbons (Fsp3) is 0.0588. The molecule has 104 valence electrons. The van der Waals surface area contributed by atoms with Crippen LogP contribution in [-0.4, -0.2) is 9.97 Å². The maximum absolute atomic E-state index is 5.88. The highest BCUT2D eigenvalue weighted by molar-refractivity contribution is 5.64. The van der Waals surface area contributed by atoms with Gasteiger partial charge in [0, 0.05) is 17.3 Å². The van der Waals surface area contributed by atoms with E-state index in [0.29, 0.717) is 17.5 Å². The zero-order valence-corrected chi connectivity index (χ0v) is 11.7. The minimum atomic E-state index is 0.443. The first-order chi connectivity index (χ1) is 10.2. The molecular formula is C17H16N4. The summed E-state index contributed by atoms with van der Waals surface area (Å²) in [5.41, 5.74) is 9.01. The molecule has 3 N–H and O–H groups in total. The van der Waals surface area contributed by atoms with Crippen molar-refractivity contribution in [2.45, 2.75) is 6.92 Å². The molecule has 0 spiro atoms. The van der Waals surface area contributed by atoms with Crippen molar-refractivity contribution in [3.05, 3.63) is 66.2 Å². The maximum atomic E-state index is 5.88. The third-order valence-corrected chi connectivity index (χ3v) is 3.10. The van der Waals surface area contributed by atoms with Gasteiger partial charge in [-0.3, -0.25) is 0 Å². The number of aryl methyl sites for hydroxylation is 1. The largest absolute Gasteiger partial charge is 0.384 e. The molecular weight excluding hydrogens is 260 g/mol. The van der Waals surface area contributed by atoms with E-state index in [2.05, 4.69) is 22.2 Å². The Kier molecular flexibility index (Phi) is 3.51. The van der Waals surface area contributed by atoms with E-state index < -0.39 is 0 Å². The average molecular weight is 276 g/mol. The third kappa shape index (κ3) is 3.17. The summed E-state index contributed by atoms with van der Waals surface area (Å²) < 4.78 is 0. The second-order valence-electron chi connectivity index (χ2n) is 4.86. The predicted octanol–water partition coefficient (Wildman–Crippen LogP) is 3.78. The summed E-state index contributed by atoms with van der Waals surface area (Å²) in [6.07, 6.45) is 0. The van der Waals surface area contributed by atoms with Crippen molar-refractivity contribution in [2.75, 3.05) is 11.1 Å². The zero-order chi connectivity index (χ0) is 14.7. The molecule has 21 heavy (non-hydrogen) atoms. The van der Waals surface area contributed by atoms with Gasteiger partial charge in [0.2, 0.25) is 0 Å². The van der Waals surface area contributed by atoms with E-state index in [1.807, 2.05) is 54.6 Å². The van der Waals surface area contributed by atoms with Crippen LogP contribution in [0, 0.1) is 6.92 Å². The van der Waals surface area contributed by atoms with Gasteiger partial charge in [-0.1, -0.05) is 48.0 Å². The first kappa shape index (κ1) is 13.1. The normalized spacial score (nSPS) is 10.3. The Hall–Kier alpha value is -2.88. The van der Waals surface area contributed by atoms with Crippen LogP contribution in [0.15, 0.2) is 60.7 Å². The van der Waals surface area contributed by atoms with Crippen molar-refractivity contribution >= 4 is 17.3 Å². The molecule has 4 heteroatoms. The SMILES string of the molecule is Cc1ccc(Nc2cc(N)nc(-c3ccccc3)n2)cc1. The molecule has 3 aromatic rings. The van der Waals surface area contributed by atoms with Gasteiger partial charge >= 0.3 is 0 Å². The molecule has 0 saturated carbocycles. The van der Waals surface area contributed by atoms with Crippen LogP contribution >= 0.6 is 0 Å². The number of nitrogen functional groups attached to an aromatic ring is 1. The maximum Gasteiger partial charge on any atom is 0.163 e. The molecule has 0 aliphatic rings. The number of hydrogen-bond acceptors (Lipinski definition) is 4. The fourth-order valence-electron chi connectivity index (χ4n) is 2.03. The molecule has 0 unspecified atom stereocenters. The first-order valence-corrected chi connectivity index (χ1v) is 6.74. The number of nitrogens with one attached hydrogen (secondary N) is 1. The van der Waals surface area contributed by atoms with E-state index in [0.717, 1.165) is 11.3 Å². The summed E-state index contributed by atoms with van der Waals surface area (Å²) in [6.45, 7) is 2.06. The molecule has 0 radical (unpaired) electrons. The van der Waals surface area contributed by atoms with Gasteiger partial charge in [-0.25, -0.2) is 9.97 Å². The van der Waals surface area contributed by atoms with E-state index in [4.69, 9.17) is 5.73 Å². The molecule has 1 heterocycles. The third-order valence-electron chi connectivity index (χ3n) is 3.10. The van der Waals surface area contributed by atoms with Crippen LogP contribution < -0.4 is 11.1 Å². The Morgan fingerprint density at radius 2 is 1.62 bits per heavy atom. The van der Waals surface area contributed by atoms with E-state index in [1.165, 1.54) is 5.56 Å². The van der Waals surface area contributed by atoms with Crippen molar-refractivity contribution in [2.24, 2.45) is 0 Å². The van der Waals surface area contributed by atoms with Gasteiger partial charge in [0.15, 0.2) is 5.82 Å². The quantitative estimate of drug-likeness (QED) is 0.764. The molecule has 0 amide bonds. The Balaban J connectivity index is 1.93. The summed E-state index contributed by atoms with van der Waals surface area (Å²) in [7, 11) is 0. The van der Waals surface area contributed by atoms with Gasteiger partial charge in [-0.05, 0) is 19.1 Å². The monoisotopic (exact) mass is 276 g/mol. The van der Waals surface area contributed by atoms with Crippen molar-refractivity contribution in [3.63, 3.8) is 0 Å². The topological polar surface area (TPSA) is 63.8 Å². The van der Waals surface area contributed by atoms with Gasteiger partial charge in [-0.2, -0.15) is 0 Å². The molecule has 0 saturated heterocycles. The van der Waals surface area contributed by atoms with Crippen molar-refractivity contribution in [1.29, 1.82) is 0 Å². The van der Waals surface area contributed by atoms with E-state index in [-0.39, 0.29) is 0 Å². The van der Waals surface area contributed by atoms with Gasteiger partial charge in [0.05, 0.1) is 0 Å². The number of hydrogen-bond donors (Lipinski definition) is 2. The lowest BCUT2D eigenvalue weighted by molar-refractivity contribution is 1.18. The molecule has 0 bridgehead atoms. The van der Waals surface area contributed by atoms with Crippen molar-refractivity contribution in [3.8, 4) is 11.4 Å². The van der Waals surface area contributed by atoms with Crippen LogP contribution in [0.1, 0.15) is 5.56 Å². The number of nitrogens with zero attached hydrogens (tertiary/aromatic N) is 2. The van der Waals surface area contributed by atoms with Crippen LogP contribution in [0.25, 0.3) is 11.4 Å². The van der Waals surface area contributed by atoms with Gasteiger partial charge < -0.3 is 11.1 Å². The summed E-state index contributed by atoms with van der Waals surface area (Å²) in [4.78, 5) is 8.81. The highest BCUT2D eigenvalue weighted by atomic mass is 15.0. The van der Waals surface area contributed by atoms with Crippen LogP contribution in [0.4, 0.5) is 17.3 Å². The van der Waals surface area contributed by atoms with Gasteiger partial charge in [-0.15, -0.1) is 0 Å². The number of aromatic nitrogens is 2. The molecule has 3 rings (SSSR count). The fourth-order valence-corrected chi connectivity index (χ4v) is 2.03. The lowest BCUT2D eigenvalue weighted by atomic mass is 10.2. The molecule has 1 aromatic heterocycles. The summed E-state index contributed by atoms with van der Waals surface area (Å²) in [5.74, 6) is 1.74. The highest BCUT2D eigenvalue weighted by Crippen LogP contribution is 2.21. The standard InChI is InChI=1S/C17H16N4/c1-12-7-9-14(10-8-12)19-16-11-15(18)20-17(21-16)13-5-3-2-4-6-13/h2-11H,1H3,(H3,18,19,20,21). The van der Waals surface area contributed by atoms with Crippen LogP contribution in [-0.2, 0) is 0 Å². The second kappa shape index (κ2) is 5.63. The molecule has 2 aromatic carbocycles. The lowest BCUT2D eigenvalue weighted by Gasteiger charge is -2.09. The molecule has 0 aliphatic heterocycles. The molecule has 0 fully saturated rings. The van der Waals surface area contributed by atoms with E-state index in [1.54, 1.807) is 6.07 Å². The van der Waals surface area contributed by atoms with E-state index in [9.17, 15) is 0 Å². The highest BCUT2D eigenvalue weighted by Gasteiger charge is 2.05. The van der Waals surface area contributed by atoms with Gasteiger partial charge in [0.1, 0.15) is 11.6 Å². The van der Waals surface area contributed by atoms with Crippen LogP contribution in [0.3, 0.4) is 0 Å². The minimum Gasteiger partial charge on any atom is -0.384 e. The molecule has 0 aliphatic carbocycles. The summed E-state index contributed by atoms with van der Waals surface area (Å²) in [5, 5.41) is 3.25. The molecule has 4 nitrogen and oxygen atoms in total. The Morgan fingerprint density at radius 1 is 0.905 bits per heavy atom. The summed E-state index contributed by atoms with van der Waals surface area (Å²) >= 11 is 0.